The zero-order valence-electron chi connectivity index (χ0n) is 20.6. The van der Waals surface area contributed by atoms with Gasteiger partial charge in [-0.15, -0.1) is 0 Å². The summed E-state index contributed by atoms with van der Waals surface area (Å²) in [5.41, 5.74) is -1.11. The van der Waals surface area contributed by atoms with Gasteiger partial charge < -0.3 is 15.4 Å². The van der Waals surface area contributed by atoms with Crippen LogP contribution in [0.1, 0.15) is 18.4 Å². The fourth-order valence-electron chi connectivity index (χ4n) is 3.80. The number of hydrogen-bond donors (Lipinski definition) is 2. The second-order valence-corrected chi connectivity index (χ2v) is 10.7. The molecule has 1 aliphatic rings. The molecule has 0 saturated carbocycles. The molecule has 0 spiro atoms. The number of hydrogen-bond acceptors (Lipinski definition) is 8. The Balaban J connectivity index is 1.49. The predicted octanol–water partition coefficient (Wildman–Crippen LogP) is 5.12. The normalized spacial score (nSPS) is 15.5. The van der Waals surface area contributed by atoms with Crippen molar-refractivity contribution in [3.63, 3.8) is 0 Å². The molecule has 1 aromatic heterocycles. The van der Waals surface area contributed by atoms with Crippen LogP contribution in [0.4, 0.5) is 52.7 Å². The summed E-state index contributed by atoms with van der Waals surface area (Å²) in [5, 5.41) is 5.31. The number of nitrogens with zero attached hydrogens (tertiary/aromatic N) is 4. The molecule has 1 aliphatic heterocycles. The molecule has 9 nitrogen and oxygen atoms in total. The number of rotatable bonds is 8. The van der Waals surface area contributed by atoms with Crippen LogP contribution in [-0.4, -0.2) is 59.6 Å². The third kappa shape index (κ3) is 7.90. The predicted molar refractivity (Wildman–Crippen MR) is 128 cm³/mol. The summed E-state index contributed by atoms with van der Waals surface area (Å²) in [4.78, 5) is 11.0. The van der Waals surface area contributed by atoms with Crippen LogP contribution in [0.2, 0.25) is 0 Å². The smallest absolute Gasteiger partial charge is 0.422 e. The van der Waals surface area contributed by atoms with Gasteiger partial charge >= 0.3 is 18.4 Å². The van der Waals surface area contributed by atoms with Gasteiger partial charge in [0.2, 0.25) is 21.9 Å². The minimum Gasteiger partial charge on any atom is -0.454 e. The van der Waals surface area contributed by atoms with Crippen LogP contribution in [0.25, 0.3) is 0 Å². The number of halogens is 8. The molecule has 222 valence electrons. The summed E-state index contributed by atoms with van der Waals surface area (Å²) in [6, 6.07) is 4.86. The molecule has 1 fully saturated rings. The average Bonchev–Trinajstić information content (AvgIpc) is 2.88. The van der Waals surface area contributed by atoms with Crippen LogP contribution >= 0.6 is 0 Å². The zero-order valence-corrected chi connectivity index (χ0v) is 21.4. The lowest BCUT2D eigenvalue weighted by Crippen LogP contribution is -2.42. The van der Waals surface area contributed by atoms with E-state index in [1.165, 1.54) is 6.07 Å². The molecule has 0 radical (unpaired) electrons. The fraction of sp³-hybridized carbons (Fsp3) is 0.348. The summed E-state index contributed by atoms with van der Waals surface area (Å²) in [6.07, 6.45) is -9.08. The van der Waals surface area contributed by atoms with Crippen molar-refractivity contribution in [1.29, 1.82) is 0 Å². The summed E-state index contributed by atoms with van der Waals surface area (Å²) in [5.74, 6) is -3.23. The van der Waals surface area contributed by atoms with Crippen molar-refractivity contribution in [2.45, 2.75) is 36.1 Å². The van der Waals surface area contributed by atoms with Crippen molar-refractivity contribution >= 4 is 27.6 Å². The quantitative estimate of drug-likeness (QED) is 0.338. The third-order valence-corrected chi connectivity index (χ3v) is 7.64. The van der Waals surface area contributed by atoms with E-state index in [0.717, 1.165) is 28.6 Å². The minimum absolute atomic E-state index is 0.0587. The van der Waals surface area contributed by atoms with Crippen molar-refractivity contribution in [3.8, 4) is 6.01 Å². The summed E-state index contributed by atoms with van der Waals surface area (Å²) >= 11 is 0. The second-order valence-electron chi connectivity index (χ2n) is 8.77. The molecule has 41 heavy (non-hydrogen) atoms. The van der Waals surface area contributed by atoms with Gasteiger partial charge in [0.1, 0.15) is 0 Å². The monoisotopic (exact) mass is 612 g/mol. The number of piperidine rings is 1. The lowest BCUT2D eigenvalue weighted by atomic mass is 10.1. The van der Waals surface area contributed by atoms with E-state index in [1.807, 2.05) is 0 Å². The second kappa shape index (κ2) is 11.6. The van der Waals surface area contributed by atoms with E-state index in [4.69, 9.17) is 0 Å². The van der Waals surface area contributed by atoms with Gasteiger partial charge in [-0.3, -0.25) is 0 Å². The van der Waals surface area contributed by atoms with Crippen LogP contribution in [-0.2, 0) is 16.2 Å². The fourth-order valence-corrected chi connectivity index (χ4v) is 5.28. The van der Waals surface area contributed by atoms with Crippen LogP contribution in [0.15, 0.2) is 47.4 Å². The Morgan fingerprint density at radius 2 is 1.59 bits per heavy atom. The molecule has 1 saturated heterocycles. The first-order chi connectivity index (χ1) is 19.1. The Morgan fingerprint density at radius 3 is 2.22 bits per heavy atom. The van der Waals surface area contributed by atoms with Crippen LogP contribution in [0.5, 0.6) is 6.01 Å². The largest absolute Gasteiger partial charge is 0.454 e. The molecule has 0 bridgehead atoms. The van der Waals surface area contributed by atoms with Gasteiger partial charge in [-0.05, 0) is 49.2 Å². The lowest BCUT2D eigenvalue weighted by Gasteiger charge is -2.31. The van der Waals surface area contributed by atoms with E-state index in [9.17, 15) is 43.5 Å². The molecule has 0 atom stereocenters. The summed E-state index contributed by atoms with van der Waals surface area (Å²) < 4.78 is 135. The van der Waals surface area contributed by atoms with Crippen molar-refractivity contribution < 1.29 is 48.3 Å². The lowest BCUT2D eigenvalue weighted by molar-refractivity contribution is -0.154. The molecule has 0 unspecified atom stereocenters. The molecule has 4 rings (SSSR count). The maximum absolute atomic E-state index is 13.6. The molecule has 0 amide bonds. The minimum atomic E-state index is -4.74. The van der Waals surface area contributed by atoms with E-state index in [0.29, 0.717) is 12.1 Å². The molecule has 3 aromatic rings. The zero-order chi connectivity index (χ0) is 30.0. The van der Waals surface area contributed by atoms with E-state index in [-0.39, 0.29) is 37.6 Å². The standard InChI is InChI=1S/C23H20F8N6O3S/c24-17-5-4-16(11-18(17)25)41(38,39)37-8-6-14(7-9-37)32-19-34-20(36-21(35-19)40-12-22(26,27)28)33-15-3-1-2-13(10-15)23(29,30)31/h1-5,10-11,14H,6-9,12H2,(H2,32,33,34,35,36). The molecule has 2 heterocycles. The first-order valence-electron chi connectivity index (χ1n) is 11.7. The van der Waals surface area contributed by atoms with E-state index in [2.05, 4.69) is 30.3 Å². The highest BCUT2D eigenvalue weighted by molar-refractivity contribution is 7.89. The molecule has 18 heteroatoms. The Morgan fingerprint density at radius 1 is 0.902 bits per heavy atom. The number of ether oxygens (including phenoxy) is 1. The first-order valence-corrected chi connectivity index (χ1v) is 13.2. The highest BCUT2D eigenvalue weighted by Gasteiger charge is 2.32. The van der Waals surface area contributed by atoms with Crippen molar-refractivity contribution in [1.82, 2.24) is 19.3 Å². The van der Waals surface area contributed by atoms with Gasteiger partial charge in [0, 0.05) is 24.8 Å². The highest BCUT2D eigenvalue weighted by Crippen LogP contribution is 2.31. The Kier molecular flexibility index (Phi) is 8.53. The number of nitrogens with one attached hydrogen (secondary N) is 2. The number of sulfonamides is 1. The number of benzene rings is 2. The van der Waals surface area contributed by atoms with Gasteiger partial charge in [0.05, 0.1) is 10.5 Å². The van der Waals surface area contributed by atoms with Crippen molar-refractivity contribution in [2.24, 2.45) is 0 Å². The summed E-state index contributed by atoms with van der Waals surface area (Å²) in [6.45, 7) is -1.87. The van der Waals surface area contributed by atoms with Gasteiger partial charge in [0.25, 0.3) is 0 Å². The van der Waals surface area contributed by atoms with E-state index in [1.54, 1.807) is 0 Å². The van der Waals surface area contributed by atoms with Gasteiger partial charge in [-0.1, -0.05) is 6.07 Å². The van der Waals surface area contributed by atoms with E-state index >= 15 is 0 Å². The first kappa shape index (κ1) is 30.2. The molecular weight excluding hydrogens is 592 g/mol. The highest BCUT2D eigenvalue weighted by atomic mass is 32.2. The van der Waals surface area contributed by atoms with Gasteiger partial charge in [-0.25, -0.2) is 17.2 Å². The number of aromatic nitrogens is 3. The summed E-state index contributed by atoms with van der Waals surface area (Å²) in [7, 11) is -4.14. The Bertz CT molecular complexity index is 1500. The number of alkyl halides is 6. The van der Waals surface area contributed by atoms with Crippen LogP contribution < -0.4 is 15.4 Å². The van der Waals surface area contributed by atoms with Crippen LogP contribution in [0.3, 0.4) is 0 Å². The van der Waals surface area contributed by atoms with E-state index < -0.39 is 69.1 Å². The molecule has 0 aliphatic carbocycles. The topological polar surface area (TPSA) is 109 Å². The van der Waals surface area contributed by atoms with Crippen molar-refractivity contribution in [2.75, 3.05) is 30.3 Å². The van der Waals surface area contributed by atoms with Crippen LogP contribution in [0, 0.1) is 11.6 Å². The van der Waals surface area contributed by atoms with Gasteiger partial charge in [-0.2, -0.15) is 45.6 Å². The molecular formula is C23H20F8N6O3S. The number of anilines is 3. The average molecular weight is 613 g/mol. The third-order valence-electron chi connectivity index (χ3n) is 5.74. The van der Waals surface area contributed by atoms with Crippen molar-refractivity contribution in [3.05, 3.63) is 59.7 Å². The molecule has 2 aromatic carbocycles. The SMILES string of the molecule is O=S(=O)(c1ccc(F)c(F)c1)N1CCC(Nc2nc(Nc3cccc(C(F)(F)F)c3)nc(OCC(F)(F)F)n2)CC1. The Hall–Kier alpha value is -3.80. The maximum Gasteiger partial charge on any atom is 0.422 e. The Labute approximate surface area is 227 Å². The van der Waals surface area contributed by atoms with Gasteiger partial charge in [0.15, 0.2) is 18.2 Å². The maximum atomic E-state index is 13.6. The molecule has 2 N–H and O–H groups in total.